The summed E-state index contributed by atoms with van der Waals surface area (Å²) in [6, 6.07) is 2.13. The van der Waals surface area contributed by atoms with Crippen LogP contribution in [0.25, 0.3) is 0 Å². The van der Waals surface area contributed by atoms with Crippen molar-refractivity contribution in [3.05, 3.63) is 34.4 Å². The second-order valence-corrected chi connectivity index (χ2v) is 12.4. The van der Waals surface area contributed by atoms with Gasteiger partial charge in [0, 0.05) is 0 Å². The summed E-state index contributed by atoms with van der Waals surface area (Å²) >= 11 is 0. The topological polar surface area (TPSA) is 116 Å². The zero-order valence-electron chi connectivity index (χ0n) is 26.8. The third kappa shape index (κ3) is 15.4. The highest BCUT2D eigenvalue weighted by Crippen LogP contribution is 2.22. The Balaban J connectivity index is 3.05. The minimum absolute atomic E-state index is 0.132. The van der Waals surface area contributed by atoms with Crippen LogP contribution in [0.3, 0.4) is 0 Å². The van der Waals surface area contributed by atoms with Crippen LogP contribution in [0.5, 0.6) is 0 Å². The van der Waals surface area contributed by atoms with Gasteiger partial charge in [0.2, 0.25) is 0 Å². The van der Waals surface area contributed by atoms with Crippen LogP contribution in [-0.2, 0) is 14.2 Å². The van der Waals surface area contributed by atoms with Gasteiger partial charge in [-0.05, 0) is 49.1 Å². The molecule has 8 heteroatoms. The minimum atomic E-state index is -1.41. The summed E-state index contributed by atoms with van der Waals surface area (Å²) in [6.07, 6.45) is 10.9. The number of hydrogen-bond donors (Lipinski definition) is 1. The fraction of sp³-hybridized carbons (Fsp3) is 0.706. The Kier molecular flexibility index (Phi) is 18.5. The number of ether oxygens (including phenoxy) is 3. The lowest BCUT2D eigenvalue weighted by Gasteiger charge is -2.14. The Hall–Kier alpha value is -2.90. The van der Waals surface area contributed by atoms with Gasteiger partial charge in [0.25, 0.3) is 0 Å². The standard InChI is InChI=1S/C34H54O8/c1-24(2)16-10-7-13-19-40-32(37)28-23-30(34(39)42-21-15-9-12-18-26(5)6)29(22-27(28)31(35)36)33(38)41-20-14-8-11-17-25(3)4/h22-26H,7-21H2,1-6H3,(H,35,36). The van der Waals surface area contributed by atoms with Crippen LogP contribution in [0, 0.1) is 17.8 Å². The highest BCUT2D eigenvalue weighted by molar-refractivity contribution is 6.10. The molecule has 0 fully saturated rings. The molecule has 0 aliphatic rings. The van der Waals surface area contributed by atoms with Crippen LogP contribution in [-0.4, -0.2) is 48.8 Å². The Morgan fingerprint density at radius 1 is 0.500 bits per heavy atom. The smallest absolute Gasteiger partial charge is 0.339 e. The predicted molar refractivity (Wildman–Crippen MR) is 164 cm³/mol. The Labute approximate surface area is 252 Å². The molecule has 0 aliphatic heterocycles. The first-order valence-corrected chi connectivity index (χ1v) is 15.9. The van der Waals surface area contributed by atoms with Crippen molar-refractivity contribution in [2.45, 2.75) is 119 Å². The van der Waals surface area contributed by atoms with Gasteiger partial charge in [-0.15, -0.1) is 0 Å². The lowest BCUT2D eigenvalue weighted by atomic mass is 9.98. The minimum Gasteiger partial charge on any atom is -0.478 e. The number of carbonyl (C=O) groups is 4. The van der Waals surface area contributed by atoms with Crippen molar-refractivity contribution in [3.8, 4) is 0 Å². The monoisotopic (exact) mass is 590 g/mol. The molecule has 0 radical (unpaired) electrons. The molecule has 0 saturated carbocycles. The highest BCUT2D eigenvalue weighted by Gasteiger charge is 2.28. The summed E-state index contributed by atoms with van der Waals surface area (Å²) in [4.78, 5) is 51.1. The van der Waals surface area contributed by atoms with Crippen molar-refractivity contribution >= 4 is 23.9 Å². The van der Waals surface area contributed by atoms with Crippen molar-refractivity contribution in [3.63, 3.8) is 0 Å². The molecule has 0 aromatic heterocycles. The summed E-state index contributed by atoms with van der Waals surface area (Å²) in [5.74, 6) is -2.10. The number of unbranched alkanes of at least 4 members (excludes halogenated alkanes) is 6. The van der Waals surface area contributed by atoms with Crippen molar-refractivity contribution in [2.24, 2.45) is 17.8 Å². The van der Waals surface area contributed by atoms with Crippen LogP contribution >= 0.6 is 0 Å². The molecule has 0 aliphatic carbocycles. The Morgan fingerprint density at radius 3 is 1.07 bits per heavy atom. The molecule has 0 unspecified atom stereocenters. The van der Waals surface area contributed by atoms with Crippen molar-refractivity contribution in [1.82, 2.24) is 0 Å². The van der Waals surface area contributed by atoms with E-state index in [0.717, 1.165) is 69.9 Å². The van der Waals surface area contributed by atoms with E-state index < -0.39 is 29.4 Å². The molecule has 8 nitrogen and oxygen atoms in total. The van der Waals surface area contributed by atoms with Crippen LogP contribution in [0.2, 0.25) is 0 Å². The summed E-state index contributed by atoms with van der Waals surface area (Å²) < 4.78 is 16.2. The van der Waals surface area contributed by atoms with E-state index in [1.54, 1.807) is 0 Å². The number of aromatic carboxylic acids is 1. The number of carboxylic acid groups (broad SMARTS) is 1. The molecule has 42 heavy (non-hydrogen) atoms. The summed E-state index contributed by atoms with van der Waals surface area (Å²) in [6.45, 7) is 13.3. The summed E-state index contributed by atoms with van der Waals surface area (Å²) in [5, 5.41) is 9.85. The maximum absolute atomic E-state index is 13.1. The first-order chi connectivity index (χ1) is 19.9. The van der Waals surface area contributed by atoms with Gasteiger partial charge in [-0.2, -0.15) is 0 Å². The number of carboxylic acids is 1. The van der Waals surface area contributed by atoms with E-state index in [0.29, 0.717) is 37.0 Å². The number of hydrogen-bond acceptors (Lipinski definition) is 7. The largest absolute Gasteiger partial charge is 0.478 e. The van der Waals surface area contributed by atoms with E-state index in [1.165, 1.54) is 0 Å². The van der Waals surface area contributed by atoms with Crippen molar-refractivity contribution in [2.75, 3.05) is 19.8 Å². The van der Waals surface area contributed by atoms with Gasteiger partial charge in [-0.1, -0.05) is 99.3 Å². The lowest BCUT2D eigenvalue weighted by Crippen LogP contribution is -2.20. The van der Waals surface area contributed by atoms with Gasteiger partial charge in [0.05, 0.1) is 42.1 Å². The van der Waals surface area contributed by atoms with Crippen molar-refractivity contribution < 1.29 is 38.5 Å². The number of carbonyl (C=O) groups excluding carboxylic acids is 3. The van der Waals surface area contributed by atoms with Gasteiger partial charge in [-0.3, -0.25) is 0 Å². The molecule has 0 spiro atoms. The summed E-state index contributed by atoms with van der Waals surface area (Å²) in [5.41, 5.74) is -1.15. The molecule has 0 heterocycles. The number of benzene rings is 1. The maximum Gasteiger partial charge on any atom is 0.339 e. The number of esters is 3. The molecule has 0 saturated heterocycles. The third-order valence-corrected chi connectivity index (χ3v) is 7.02. The molecular formula is C34H54O8. The predicted octanol–water partition coefficient (Wildman–Crippen LogP) is 8.50. The van der Waals surface area contributed by atoms with E-state index in [9.17, 15) is 24.3 Å². The van der Waals surface area contributed by atoms with Crippen LogP contribution < -0.4 is 0 Å². The first kappa shape index (κ1) is 37.1. The van der Waals surface area contributed by atoms with Crippen LogP contribution in [0.4, 0.5) is 0 Å². The molecule has 1 aromatic carbocycles. The first-order valence-electron chi connectivity index (χ1n) is 15.9. The van der Waals surface area contributed by atoms with E-state index in [4.69, 9.17) is 14.2 Å². The van der Waals surface area contributed by atoms with Gasteiger partial charge in [0.15, 0.2) is 0 Å². The van der Waals surface area contributed by atoms with Gasteiger partial charge in [0.1, 0.15) is 0 Å². The molecule has 0 amide bonds. The summed E-state index contributed by atoms with van der Waals surface area (Å²) in [7, 11) is 0. The molecule has 0 bridgehead atoms. The van der Waals surface area contributed by atoms with E-state index in [-0.39, 0.29) is 36.5 Å². The zero-order valence-corrected chi connectivity index (χ0v) is 26.8. The molecule has 1 N–H and O–H groups in total. The Morgan fingerprint density at radius 2 is 0.786 bits per heavy atom. The van der Waals surface area contributed by atoms with Crippen LogP contribution in [0.15, 0.2) is 12.1 Å². The molecule has 1 rings (SSSR count). The van der Waals surface area contributed by atoms with E-state index in [2.05, 4.69) is 41.5 Å². The van der Waals surface area contributed by atoms with Gasteiger partial charge < -0.3 is 19.3 Å². The highest BCUT2D eigenvalue weighted by atomic mass is 16.5. The van der Waals surface area contributed by atoms with Gasteiger partial charge in [-0.25, -0.2) is 19.2 Å². The number of rotatable bonds is 22. The molecule has 1 aromatic rings. The van der Waals surface area contributed by atoms with Gasteiger partial charge >= 0.3 is 23.9 Å². The molecule has 238 valence electrons. The average molecular weight is 591 g/mol. The Bertz CT molecular complexity index is 980. The SMILES string of the molecule is CC(C)CCCCCOC(=O)c1cc(C(=O)OCCCCCC(C)C)c(C(=O)OCCCCCC(C)C)cc1C(=O)O. The lowest BCUT2D eigenvalue weighted by molar-refractivity contribution is 0.0445. The zero-order chi connectivity index (χ0) is 31.5. The maximum atomic E-state index is 13.1. The van der Waals surface area contributed by atoms with E-state index in [1.807, 2.05) is 0 Å². The third-order valence-electron chi connectivity index (χ3n) is 7.02. The van der Waals surface area contributed by atoms with Crippen molar-refractivity contribution in [1.29, 1.82) is 0 Å². The second kappa shape index (κ2) is 20.9. The van der Waals surface area contributed by atoms with E-state index >= 15 is 0 Å². The molecular weight excluding hydrogens is 536 g/mol. The second-order valence-electron chi connectivity index (χ2n) is 12.4. The van der Waals surface area contributed by atoms with Crippen LogP contribution in [0.1, 0.15) is 160 Å². The molecule has 0 atom stereocenters. The normalized spacial score (nSPS) is 11.3. The average Bonchev–Trinajstić information content (AvgIpc) is 2.92. The fourth-order valence-electron chi connectivity index (χ4n) is 4.51. The quantitative estimate of drug-likeness (QED) is 0.0811. The fourth-order valence-corrected chi connectivity index (χ4v) is 4.51.